The lowest BCUT2D eigenvalue weighted by Gasteiger charge is -2.51. The third-order valence-electron chi connectivity index (χ3n) is 6.77. The van der Waals surface area contributed by atoms with Crippen molar-refractivity contribution < 1.29 is 9.26 Å². The zero-order valence-corrected chi connectivity index (χ0v) is 16.2. The van der Waals surface area contributed by atoms with E-state index in [0.717, 1.165) is 42.9 Å². The van der Waals surface area contributed by atoms with Gasteiger partial charge in [-0.3, -0.25) is 9.80 Å². The molecular weight excluding hydrogens is 340 g/mol. The Labute approximate surface area is 160 Å². The lowest BCUT2D eigenvalue weighted by Crippen LogP contribution is -2.60. The Morgan fingerprint density at radius 1 is 1.22 bits per heavy atom. The van der Waals surface area contributed by atoms with Crippen molar-refractivity contribution in [2.24, 2.45) is 5.92 Å². The van der Waals surface area contributed by atoms with Gasteiger partial charge in [-0.1, -0.05) is 24.2 Å². The van der Waals surface area contributed by atoms with Crippen LogP contribution in [0.2, 0.25) is 0 Å². The Kier molecular flexibility index (Phi) is 4.40. The molecule has 0 unspecified atom stereocenters. The van der Waals surface area contributed by atoms with E-state index < -0.39 is 0 Å². The second kappa shape index (κ2) is 6.91. The van der Waals surface area contributed by atoms with Gasteiger partial charge in [0, 0.05) is 31.0 Å². The first-order valence-electron chi connectivity index (χ1n) is 10.2. The van der Waals surface area contributed by atoms with Crippen molar-refractivity contribution in [3.63, 3.8) is 0 Å². The first-order valence-corrected chi connectivity index (χ1v) is 10.2. The fourth-order valence-electron chi connectivity index (χ4n) is 5.57. The minimum Gasteiger partial charge on any atom is -0.497 e. The molecule has 0 radical (unpaired) electrons. The summed E-state index contributed by atoms with van der Waals surface area (Å²) in [6.45, 7) is 6.36. The van der Waals surface area contributed by atoms with Crippen molar-refractivity contribution in [2.75, 3.05) is 26.7 Å². The summed E-state index contributed by atoms with van der Waals surface area (Å²) < 4.78 is 10.8. The molecule has 4 aliphatic heterocycles. The van der Waals surface area contributed by atoms with Gasteiger partial charge in [-0.05, 0) is 49.5 Å². The van der Waals surface area contributed by atoms with Gasteiger partial charge < -0.3 is 9.26 Å². The van der Waals surface area contributed by atoms with Crippen LogP contribution < -0.4 is 4.74 Å². The fraction of sp³-hybridized carbons (Fsp3) is 0.619. The maximum Gasteiger partial charge on any atom is 0.226 e. The van der Waals surface area contributed by atoms with Crippen LogP contribution in [0, 0.1) is 5.92 Å². The molecule has 2 bridgehead atoms. The summed E-state index contributed by atoms with van der Waals surface area (Å²) in [7, 11) is 1.75. The Morgan fingerprint density at radius 2 is 2.07 bits per heavy atom. The number of ether oxygens (including phenoxy) is 1. The van der Waals surface area contributed by atoms with Crippen molar-refractivity contribution in [3.8, 4) is 5.75 Å². The summed E-state index contributed by atoms with van der Waals surface area (Å²) in [5, 5.41) is 4.21. The standard InChI is InChI=1S/C21H28N4O2/c1-3-19-22-18(23-27-19)13-25-12-17(15-5-4-6-16(11-15)26-2)21-20(25)14-7-9-24(21)10-8-14/h4-6,11,14,17,20-21H,3,7-10,12-13H2,1-2H3/t17-,20-,21-/m0/s1. The molecule has 4 fully saturated rings. The molecular formula is C21H28N4O2. The molecule has 27 heavy (non-hydrogen) atoms. The van der Waals surface area contributed by atoms with Crippen molar-refractivity contribution in [1.29, 1.82) is 0 Å². The van der Waals surface area contributed by atoms with E-state index in [-0.39, 0.29) is 0 Å². The number of methoxy groups -OCH3 is 1. The summed E-state index contributed by atoms with van der Waals surface area (Å²) >= 11 is 0. The van der Waals surface area contributed by atoms with Crippen LogP contribution in [0.5, 0.6) is 5.75 Å². The Morgan fingerprint density at radius 3 is 2.81 bits per heavy atom. The van der Waals surface area contributed by atoms with E-state index in [2.05, 4.69) is 45.1 Å². The topological polar surface area (TPSA) is 54.6 Å². The van der Waals surface area contributed by atoms with Crippen LogP contribution >= 0.6 is 0 Å². The number of fused-ring (bicyclic) bond motifs is 2. The first-order chi connectivity index (χ1) is 13.3. The molecule has 4 aliphatic rings. The van der Waals surface area contributed by atoms with Crippen molar-refractivity contribution >= 4 is 0 Å². The molecule has 0 spiro atoms. The third-order valence-corrected chi connectivity index (χ3v) is 6.77. The van der Waals surface area contributed by atoms with Crippen molar-refractivity contribution in [2.45, 2.75) is 50.7 Å². The van der Waals surface area contributed by atoms with Gasteiger partial charge in [0.1, 0.15) is 5.75 Å². The highest BCUT2D eigenvalue weighted by Crippen LogP contribution is 2.47. The summed E-state index contributed by atoms with van der Waals surface area (Å²) in [4.78, 5) is 9.91. The molecule has 3 atom stereocenters. The lowest BCUT2D eigenvalue weighted by molar-refractivity contribution is -0.00943. The number of piperidine rings is 3. The molecule has 4 saturated heterocycles. The van der Waals surface area contributed by atoms with E-state index in [1.807, 2.05) is 6.07 Å². The van der Waals surface area contributed by atoms with Crippen LogP contribution in [-0.2, 0) is 13.0 Å². The summed E-state index contributed by atoms with van der Waals surface area (Å²) in [6, 6.07) is 9.81. The molecule has 0 N–H and O–H groups in total. The summed E-state index contributed by atoms with van der Waals surface area (Å²) in [6.07, 6.45) is 3.42. The van der Waals surface area contributed by atoms with Crippen molar-refractivity contribution in [3.05, 3.63) is 41.5 Å². The molecule has 1 aromatic carbocycles. The van der Waals surface area contributed by atoms with Gasteiger partial charge in [-0.15, -0.1) is 0 Å². The molecule has 144 valence electrons. The zero-order valence-electron chi connectivity index (χ0n) is 16.2. The molecule has 0 aliphatic carbocycles. The van der Waals surface area contributed by atoms with Crippen LogP contribution in [0.1, 0.15) is 43.0 Å². The van der Waals surface area contributed by atoms with E-state index in [4.69, 9.17) is 9.26 Å². The molecule has 6 nitrogen and oxygen atoms in total. The van der Waals surface area contributed by atoms with E-state index in [9.17, 15) is 0 Å². The van der Waals surface area contributed by atoms with Gasteiger partial charge in [0.2, 0.25) is 5.89 Å². The molecule has 1 aromatic heterocycles. The number of nitrogens with zero attached hydrogens (tertiary/aromatic N) is 4. The minimum absolute atomic E-state index is 0.505. The maximum atomic E-state index is 5.49. The zero-order chi connectivity index (χ0) is 18.4. The number of aryl methyl sites for hydroxylation is 1. The van der Waals surface area contributed by atoms with Crippen LogP contribution in [-0.4, -0.2) is 58.8 Å². The lowest BCUT2D eigenvalue weighted by atomic mass is 9.75. The number of hydrogen-bond acceptors (Lipinski definition) is 6. The number of aromatic nitrogens is 2. The van der Waals surface area contributed by atoms with Gasteiger partial charge in [0.25, 0.3) is 0 Å². The Balaban J connectivity index is 1.46. The molecule has 5 heterocycles. The number of benzene rings is 1. The van der Waals surface area contributed by atoms with Crippen LogP contribution in [0.15, 0.2) is 28.8 Å². The minimum atomic E-state index is 0.505. The van der Waals surface area contributed by atoms with Crippen LogP contribution in [0.4, 0.5) is 0 Å². The molecule has 6 heteroatoms. The number of rotatable bonds is 5. The summed E-state index contributed by atoms with van der Waals surface area (Å²) in [5.41, 5.74) is 1.39. The average Bonchev–Trinajstić information content (AvgIpc) is 3.35. The van der Waals surface area contributed by atoms with Crippen LogP contribution in [0.3, 0.4) is 0 Å². The summed E-state index contributed by atoms with van der Waals surface area (Å²) in [5.74, 6) is 3.80. The predicted octanol–water partition coefficient (Wildman–Crippen LogP) is 2.70. The van der Waals surface area contributed by atoms with E-state index in [1.54, 1.807) is 7.11 Å². The Bertz CT molecular complexity index is 799. The SMILES string of the molecule is CCc1nc(CN2C[C@@H](c3cccc(OC)c3)[C@H]3[C@@H]2C2CCN3CC2)no1. The highest BCUT2D eigenvalue weighted by Gasteiger charge is 2.53. The second-order valence-corrected chi connectivity index (χ2v) is 8.13. The quantitative estimate of drug-likeness (QED) is 0.809. The monoisotopic (exact) mass is 368 g/mol. The highest BCUT2D eigenvalue weighted by molar-refractivity contribution is 5.34. The van der Waals surface area contributed by atoms with Gasteiger partial charge in [0.05, 0.1) is 13.7 Å². The average molecular weight is 368 g/mol. The molecule has 0 amide bonds. The maximum absolute atomic E-state index is 5.49. The fourth-order valence-corrected chi connectivity index (χ4v) is 5.57. The van der Waals surface area contributed by atoms with Gasteiger partial charge in [-0.2, -0.15) is 4.98 Å². The second-order valence-electron chi connectivity index (χ2n) is 8.13. The number of likely N-dealkylation sites (tertiary alicyclic amines) is 1. The van der Waals surface area contributed by atoms with Gasteiger partial charge >= 0.3 is 0 Å². The third kappa shape index (κ3) is 2.95. The normalized spacial score (nSPS) is 32.6. The number of hydrogen-bond donors (Lipinski definition) is 0. The van der Waals surface area contributed by atoms with E-state index >= 15 is 0 Å². The van der Waals surface area contributed by atoms with Gasteiger partial charge in [-0.25, -0.2) is 0 Å². The predicted molar refractivity (Wildman–Crippen MR) is 102 cm³/mol. The van der Waals surface area contributed by atoms with Gasteiger partial charge in [0.15, 0.2) is 5.82 Å². The Hall–Kier alpha value is -1.92. The molecule has 6 rings (SSSR count). The molecule has 2 aromatic rings. The van der Waals surface area contributed by atoms with Crippen molar-refractivity contribution in [1.82, 2.24) is 19.9 Å². The molecule has 0 saturated carbocycles. The smallest absolute Gasteiger partial charge is 0.226 e. The van der Waals surface area contributed by atoms with Crippen LogP contribution in [0.25, 0.3) is 0 Å². The van der Waals surface area contributed by atoms with E-state index in [0.29, 0.717) is 18.0 Å². The largest absolute Gasteiger partial charge is 0.497 e. The first kappa shape index (κ1) is 17.2. The van der Waals surface area contributed by atoms with E-state index in [1.165, 1.54) is 31.5 Å². The highest BCUT2D eigenvalue weighted by atomic mass is 16.5.